The van der Waals surface area contributed by atoms with Gasteiger partial charge in [-0.15, -0.1) is 0 Å². The molecule has 1 aliphatic heterocycles. The highest BCUT2D eigenvalue weighted by molar-refractivity contribution is 6.02. The summed E-state index contributed by atoms with van der Waals surface area (Å²) >= 11 is 0. The molecule has 1 aliphatic rings. The first-order chi connectivity index (χ1) is 14.1. The van der Waals surface area contributed by atoms with Crippen LogP contribution in [0.3, 0.4) is 0 Å². The minimum Gasteiger partial charge on any atom is -0.467 e. The first-order valence-electron chi connectivity index (χ1n) is 9.41. The predicted molar refractivity (Wildman–Crippen MR) is 112 cm³/mol. The van der Waals surface area contributed by atoms with Crippen LogP contribution < -0.4 is 20.3 Å². The Morgan fingerprint density at radius 3 is 2.93 bits per heavy atom. The summed E-state index contributed by atoms with van der Waals surface area (Å²) in [5.41, 5.74) is 3.81. The van der Waals surface area contributed by atoms with E-state index in [0.29, 0.717) is 18.2 Å². The maximum atomic E-state index is 13.0. The molecule has 4 rings (SSSR count). The maximum Gasteiger partial charge on any atom is 0.328 e. The Morgan fingerprint density at radius 2 is 2.10 bits per heavy atom. The van der Waals surface area contributed by atoms with Crippen molar-refractivity contribution in [3.63, 3.8) is 0 Å². The normalized spacial score (nSPS) is 13.1. The number of carbonyl (C=O) groups excluding carboxylic acids is 1. The Balaban J connectivity index is 1.66. The van der Waals surface area contributed by atoms with Gasteiger partial charge in [-0.25, -0.2) is 14.8 Å². The van der Waals surface area contributed by atoms with Gasteiger partial charge in [-0.3, -0.25) is 10.2 Å². The van der Waals surface area contributed by atoms with E-state index in [1.54, 1.807) is 11.0 Å². The number of hydrogen-bond donors (Lipinski definition) is 2. The molecule has 1 aromatic carbocycles. The van der Waals surface area contributed by atoms with Gasteiger partial charge in [-0.2, -0.15) is 4.98 Å². The van der Waals surface area contributed by atoms with Crippen LogP contribution in [0.25, 0.3) is 11.3 Å². The Bertz CT molecular complexity index is 1040. The fraction of sp³-hybridized carbons (Fsp3) is 0.238. The van der Waals surface area contributed by atoms with Crippen molar-refractivity contribution in [3.8, 4) is 17.3 Å². The number of methoxy groups -OCH3 is 1. The van der Waals surface area contributed by atoms with Crippen molar-refractivity contribution in [3.05, 3.63) is 54.2 Å². The number of pyridine rings is 1. The minimum absolute atomic E-state index is 0.195. The molecule has 0 saturated carbocycles. The summed E-state index contributed by atoms with van der Waals surface area (Å²) in [5.74, 6) is 0.968. The van der Waals surface area contributed by atoms with Crippen molar-refractivity contribution in [2.45, 2.75) is 13.3 Å². The minimum atomic E-state index is -0.301. The number of benzene rings is 1. The molecule has 0 bridgehead atoms. The first kappa shape index (κ1) is 18.7. The molecular weight excluding hydrogens is 368 g/mol. The van der Waals surface area contributed by atoms with Crippen LogP contribution in [0.1, 0.15) is 12.0 Å². The molecule has 0 radical (unpaired) electrons. The lowest BCUT2D eigenvalue weighted by atomic mass is 10.1. The van der Waals surface area contributed by atoms with Crippen LogP contribution in [0.4, 0.5) is 22.1 Å². The fourth-order valence-electron chi connectivity index (χ4n) is 3.21. The number of urea groups is 1. The van der Waals surface area contributed by atoms with Gasteiger partial charge in [-0.05, 0) is 37.6 Å². The van der Waals surface area contributed by atoms with Gasteiger partial charge in [0.05, 0.1) is 18.5 Å². The summed E-state index contributed by atoms with van der Waals surface area (Å²) in [7, 11) is 1.48. The van der Waals surface area contributed by atoms with Gasteiger partial charge in [0.25, 0.3) is 0 Å². The highest BCUT2D eigenvalue weighted by Crippen LogP contribution is 2.30. The van der Waals surface area contributed by atoms with Gasteiger partial charge in [-0.1, -0.05) is 23.8 Å². The molecule has 8 heteroatoms. The van der Waals surface area contributed by atoms with E-state index >= 15 is 0 Å². The number of amides is 2. The zero-order valence-electron chi connectivity index (χ0n) is 16.3. The molecule has 8 nitrogen and oxygen atoms in total. The molecule has 148 valence electrons. The van der Waals surface area contributed by atoms with E-state index in [0.717, 1.165) is 35.5 Å². The molecule has 0 saturated heterocycles. The summed E-state index contributed by atoms with van der Waals surface area (Å²) < 4.78 is 5.02. The van der Waals surface area contributed by atoms with E-state index in [4.69, 9.17) is 9.72 Å². The summed E-state index contributed by atoms with van der Waals surface area (Å²) in [6, 6.07) is 13.6. The summed E-state index contributed by atoms with van der Waals surface area (Å²) in [5, 5.41) is 6.16. The number of nitrogens with zero attached hydrogens (tertiary/aromatic N) is 4. The van der Waals surface area contributed by atoms with E-state index in [-0.39, 0.29) is 12.0 Å². The molecule has 0 aliphatic carbocycles. The van der Waals surface area contributed by atoms with Crippen LogP contribution in [-0.4, -0.2) is 41.2 Å². The van der Waals surface area contributed by atoms with Crippen molar-refractivity contribution in [2.24, 2.45) is 0 Å². The van der Waals surface area contributed by atoms with E-state index in [1.165, 1.54) is 13.3 Å². The number of ether oxygens (including phenoxy) is 1. The first-order valence-corrected chi connectivity index (χ1v) is 9.41. The predicted octanol–water partition coefficient (Wildman–Crippen LogP) is 3.71. The average molecular weight is 390 g/mol. The Morgan fingerprint density at radius 1 is 1.21 bits per heavy atom. The van der Waals surface area contributed by atoms with Gasteiger partial charge in [0.2, 0.25) is 0 Å². The monoisotopic (exact) mass is 390 g/mol. The summed E-state index contributed by atoms with van der Waals surface area (Å²) in [6.45, 7) is 3.35. The van der Waals surface area contributed by atoms with Gasteiger partial charge in [0.1, 0.15) is 5.82 Å². The van der Waals surface area contributed by atoms with Crippen LogP contribution in [0, 0.1) is 6.92 Å². The summed E-state index contributed by atoms with van der Waals surface area (Å²) in [6.07, 6.45) is 2.34. The molecular formula is C21H22N6O2. The molecule has 2 N–H and O–H groups in total. The van der Waals surface area contributed by atoms with Crippen LogP contribution in [0.15, 0.2) is 48.7 Å². The second kappa shape index (κ2) is 8.14. The number of hydrogen-bond acceptors (Lipinski definition) is 6. The van der Waals surface area contributed by atoms with Crippen LogP contribution >= 0.6 is 0 Å². The zero-order chi connectivity index (χ0) is 20.2. The fourth-order valence-corrected chi connectivity index (χ4v) is 3.21. The lowest BCUT2D eigenvalue weighted by Gasteiger charge is -2.22. The van der Waals surface area contributed by atoms with Crippen LogP contribution in [0.2, 0.25) is 0 Å². The quantitative estimate of drug-likeness (QED) is 0.708. The van der Waals surface area contributed by atoms with E-state index in [1.807, 2.05) is 37.3 Å². The molecule has 0 spiro atoms. The lowest BCUT2D eigenvalue weighted by Crippen LogP contribution is -2.36. The number of nitrogens with one attached hydrogen (secondary N) is 2. The largest absolute Gasteiger partial charge is 0.467 e. The Hall–Kier alpha value is -3.68. The molecule has 2 amide bonds. The molecule has 0 atom stereocenters. The maximum absolute atomic E-state index is 13.0. The third-order valence-electron chi connectivity index (χ3n) is 4.61. The SMILES string of the molecule is COc1nccc(NC(=O)N2CCCNc3ccc(-c4cccc(C)c4)nc32)n1. The van der Waals surface area contributed by atoms with Crippen molar-refractivity contribution in [2.75, 3.05) is 35.7 Å². The highest BCUT2D eigenvalue weighted by atomic mass is 16.5. The standard InChI is InChI=1S/C21H22N6O2/c1-14-5-3-6-15(13-14)16-7-8-17-19(24-16)27(12-4-10-22-17)21(28)26-18-9-11-23-20(25-18)29-2/h3,5-9,11,13,22H,4,10,12H2,1-2H3,(H,23,25,26,28). The third-order valence-corrected chi connectivity index (χ3v) is 4.61. The van der Waals surface area contributed by atoms with Gasteiger partial charge >= 0.3 is 12.0 Å². The smallest absolute Gasteiger partial charge is 0.328 e. The Labute approximate surface area is 169 Å². The zero-order valence-corrected chi connectivity index (χ0v) is 16.3. The summed E-state index contributed by atoms with van der Waals surface area (Å²) in [4.78, 5) is 27.6. The average Bonchev–Trinajstić information content (AvgIpc) is 2.96. The number of aromatic nitrogens is 3. The Kier molecular flexibility index (Phi) is 5.24. The van der Waals surface area contributed by atoms with Crippen molar-refractivity contribution >= 4 is 23.4 Å². The molecule has 0 unspecified atom stereocenters. The highest BCUT2D eigenvalue weighted by Gasteiger charge is 2.24. The topological polar surface area (TPSA) is 92.3 Å². The molecule has 3 aromatic rings. The van der Waals surface area contributed by atoms with E-state index in [9.17, 15) is 4.79 Å². The number of fused-ring (bicyclic) bond motifs is 1. The molecule has 0 fully saturated rings. The molecule has 2 aromatic heterocycles. The third kappa shape index (κ3) is 4.11. The molecule has 3 heterocycles. The van der Waals surface area contributed by atoms with Crippen LogP contribution in [0.5, 0.6) is 6.01 Å². The number of rotatable bonds is 3. The van der Waals surface area contributed by atoms with Crippen LogP contribution in [-0.2, 0) is 0 Å². The van der Waals surface area contributed by atoms with Crippen molar-refractivity contribution in [1.82, 2.24) is 15.0 Å². The van der Waals surface area contributed by atoms with E-state index in [2.05, 4.69) is 26.7 Å². The van der Waals surface area contributed by atoms with Gasteiger partial charge < -0.3 is 10.1 Å². The van der Waals surface area contributed by atoms with Gasteiger partial charge in [0.15, 0.2) is 5.82 Å². The van der Waals surface area contributed by atoms with E-state index < -0.39 is 0 Å². The second-order valence-electron chi connectivity index (χ2n) is 6.73. The second-order valence-corrected chi connectivity index (χ2v) is 6.73. The lowest BCUT2D eigenvalue weighted by molar-refractivity contribution is 0.256. The number of anilines is 3. The molecule has 29 heavy (non-hydrogen) atoms. The van der Waals surface area contributed by atoms with Crippen molar-refractivity contribution < 1.29 is 9.53 Å². The number of carbonyl (C=O) groups is 1. The number of aryl methyl sites for hydroxylation is 1. The van der Waals surface area contributed by atoms with Crippen molar-refractivity contribution in [1.29, 1.82) is 0 Å². The van der Waals surface area contributed by atoms with Gasteiger partial charge in [0, 0.05) is 24.8 Å².